The Morgan fingerprint density at radius 3 is 2.82 bits per heavy atom. The topological polar surface area (TPSA) is 88.9 Å². The zero-order valence-corrected chi connectivity index (χ0v) is 11.6. The van der Waals surface area contributed by atoms with Gasteiger partial charge >= 0.3 is 6.03 Å². The Hall–Kier alpha value is -2.98. The number of furan rings is 1. The summed E-state index contributed by atoms with van der Waals surface area (Å²) in [5.41, 5.74) is 4.90. The van der Waals surface area contributed by atoms with Crippen molar-refractivity contribution in [1.82, 2.24) is 5.06 Å². The molecule has 1 heterocycles. The Morgan fingerprint density at radius 1 is 1.41 bits per heavy atom. The van der Waals surface area contributed by atoms with Crippen LogP contribution in [-0.4, -0.2) is 22.3 Å². The molecule has 0 radical (unpaired) electrons. The van der Waals surface area contributed by atoms with Crippen LogP contribution in [0.25, 0.3) is 0 Å². The van der Waals surface area contributed by atoms with Crippen LogP contribution in [-0.2, 0) is 0 Å². The van der Waals surface area contributed by atoms with Crippen LogP contribution in [0.15, 0.2) is 40.8 Å². The first-order chi connectivity index (χ1) is 10.5. The predicted molar refractivity (Wildman–Crippen MR) is 74.7 cm³/mol. The molecule has 0 saturated heterocycles. The molecular formula is C15H13FN2O4. The molecule has 1 atom stereocenters. The minimum atomic E-state index is -1.01. The molecule has 0 spiro atoms. The highest BCUT2D eigenvalue weighted by atomic mass is 19.1. The van der Waals surface area contributed by atoms with Crippen LogP contribution in [0, 0.1) is 17.7 Å². The number of nitrogens with two attached hydrogens (primary N) is 1. The maximum absolute atomic E-state index is 13.4. The lowest BCUT2D eigenvalue weighted by atomic mass is 10.3. The van der Waals surface area contributed by atoms with Gasteiger partial charge in [-0.3, -0.25) is 5.21 Å². The van der Waals surface area contributed by atoms with Gasteiger partial charge in [-0.15, -0.1) is 0 Å². The van der Waals surface area contributed by atoms with Gasteiger partial charge in [0.1, 0.15) is 6.04 Å². The molecule has 0 aliphatic rings. The van der Waals surface area contributed by atoms with E-state index >= 15 is 0 Å². The first-order valence-electron chi connectivity index (χ1n) is 6.28. The van der Waals surface area contributed by atoms with E-state index in [0.29, 0.717) is 5.06 Å². The van der Waals surface area contributed by atoms with E-state index in [0.717, 1.165) is 0 Å². The molecular weight excluding hydrogens is 291 g/mol. The van der Waals surface area contributed by atoms with Crippen molar-refractivity contribution in [2.24, 2.45) is 5.73 Å². The Balaban J connectivity index is 2.07. The standard InChI is InChI=1S/C15H13FN2O4/c1-10(18(20)15(17)19)6-7-11-8-9-14(21-11)22-13-5-3-2-4-12(13)16/h2-5,8-10,20H,1H3,(H2,17,19). The minimum Gasteiger partial charge on any atom is -0.423 e. The van der Waals surface area contributed by atoms with Crippen molar-refractivity contribution in [3.05, 3.63) is 48.0 Å². The molecule has 3 N–H and O–H groups in total. The monoisotopic (exact) mass is 304 g/mol. The summed E-state index contributed by atoms with van der Waals surface area (Å²) in [5, 5.41) is 9.56. The SMILES string of the molecule is CC(C#Cc1ccc(Oc2ccccc2F)o1)N(O)C(N)=O. The van der Waals surface area contributed by atoms with E-state index < -0.39 is 17.9 Å². The van der Waals surface area contributed by atoms with Crippen molar-refractivity contribution in [1.29, 1.82) is 0 Å². The van der Waals surface area contributed by atoms with E-state index in [1.807, 2.05) is 0 Å². The van der Waals surface area contributed by atoms with E-state index in [1.54, 1.807) is 12.1 Å². The van der Waals surface area contributed by atoms with Gasteiger partial charge < -0.3 is 14.9 Å². The van der Waals surface area contributed by atoms with Gasteiger partial charge in [-0.25, -0.2) is 9.18 Å². The summed E-state index contributed by atoms with van der Waals surface area (Å²) in [6.07, 6.45) is 0. The summed E-state index contributed by atoms with van der Waals surface area (Å²) >= 11 is 0. The van der Waals surface area contributed by atoms with Crippen molar-refractivity contribution in [2.75, 3.05) is 0 Å². The molecule has 1 aromatic carbocycles. The van der Waals surface area contributed by atoms with E-state index in [9.17, 15) is 14.4 Å². The smallest absolute Gasteiger partial charge is 0.339 e. The van der Waals surface area contributed by atoms with Gasteiger partial charge in [-0.1, -0.05) is 18.1 Å². The molecule has 2 amide bonds. The number of ether oxygens (including phenoxy) is 1. The fourth-order valence-electron chi connectivity index (χ4n) is 1.51. The van der Waals surface area contributed by atoms with Crippen LogP contribution >= 0.6 is 0 Å². The summed E-state index contributed by atoms with van der Waals surface area (Å²) in [6.45, 7) is 1.48. The zero-order valence-electron chi connectivity index (χ0n) is 11.6. The molecule has 0 aliphatic heterocycles. The second kappa shape index (κ2) is 6.65. The Labute approximate surface area is 125 Å². The number of nitrogens with zero attached hydrogens (tertiary/aromatic N) is 1. The van der Waals surface area contributed by atoms with E-state index in [1.165, 1.54) is 31.2 Å². The molecule has 22 heavy (non-hydrogen) atoms. The Kier molecular flexibility index (Phi) is 4.66. The number of halogens is 1. The third kappa shape index (κ3) is 3.77. The number of carbonyl (C=O) groups is 1. The van der Waals surface area contributed by atoms with Gasteiger partial charge in [0.15, 0.2) is 17.3 Å². The summed E-state index contributed by atoms with van der Waals surface area (Å²) in [5.74, 6) is 4.98. The summed E-state index contributed by atoms with van der Waals surface area (Å²) in [4.78, 5) is 10.7. The number of primary amides is 1. The van der Waals surface area contributed by atoms with E-state index in [-0.39, 0.29) is 17.5 Å². The normalized spacial score (nSPS) is 11.2. The van der Waals surface area contributed by atoms with Crippen molar-refractivity contribution in [2.45, 2.75) is 13.0 Å². The number of urea groups is 1. The second-order valence-corrected chi connectivity index (χ2v) is 4.28. The van der Waals surface area contributed by atoms with Gasteiger partial charge in [0.05, 0.1) is 0 Å². The largest absolute Gasteiger partial charge is 0.423 e. The third-order valence-corrected chi connectivity index (χ3v) is 2.63. The first-order valence-corrected chi connectivity index (χ1v) is 6.28. The van der Waals surface area contributed by atoms with Crippen molar-refractivity contribution < 1.29 is 23.5 Å². The average molecular weight is 304 g/mol. The maximum Gasteiger partial charge on any atom is 0.339 e. The van der Waals surface area contributed by atoms with Crippen molar-refractivity contribution >= 4 is 6.03 Å². The van der Waals surface area contributed by atoms with E-state index in [4.69, 9.17) is 14.9 Å². The average Bonchev–Trinajstić information content (AvgIpc) is 2.94. The van der Waals surface area contributed by atoms with Crippen molar-refractivity contribution in [3.63, 3.8) is 0 Å². The van der Waals surface area contributed by atoms with Crippen LogP contribution in [0.3, 0.4) is 0 Å². The maximum atomic E-state index is 13.4. The molecule has 0 saturated carbocycles. The molecule has 0 fully saturated rings. The highest BCUT2D eigenvalue weighted by Crippen LogP contribution is 2.25. The van der Waals surface area contributed by atoms with Crippen LogP contribution in [0.5, 0.6) is 11.7 Å². The molecule has 0 bridgehead atoms. The highest BCUT2D eigenvalue weighted by Gasteiger charge is 2.12. The molecule has 1 unspecified atom stereocenters. The lowest BCUT2D eigenvalue weighted by molar-refractivity contribution is -0.0536. The zero-order chi connectivity index (χ0) is 16.1. The molecule has 0 aliphatic carbocycles. The van der Waals surface area contributed by atoms with Gasteiger partial charge in [0.2, 0.25) is 0 Å². The molecule has 7 heteroatoms. The number of hydroxylamine groups is 2. The number of para-hydroxylation sites is 1. The summed E-state index contributed by atoms with van der Waals surface area (Å²) in [7, 11) is 0. The van der Waals surface area contributed by atoms with Crippen molar-refractivity contribution in [3.8, 4) is 23.5 Å². The second-order valence-electron chi connectivity index (χ2n) is 4.28. The van der Waals surface area contributed by atoms with Crippen LogP contribution in [0.4, 0.5) is 9.18 Å². The quantitative estimate of drug-likeness (QED) is 0.518. The van der Waals surface area contributed by atoms with Crippen LogP contribution in [0.1, 0.15) is 12.7 Å². The number of amides is 2. The first kappa shape index (κ1) is 15.4. The van der Waals surface area contributed by atoms with Gasteiger partial charge in [0, 0.05) is 6.07 Å². The van der Waals surface area contributed by atoms with Crippen LogP contribution in [0.2, 0.25) is 0 Å². The summed E-state index contributed by atoms with van der Waals surface area (Å²) < 4.78 is 23.9. The lowest BCUT2D eigenvalue weighted by Gasteiger charge is -2.14. The molecule has 2 rings (SSSR count). The Morgan fingerprint density at radius 2 is 2.14 bits per heavy atom. The van der Waals surface area contributed by atoms with Gasteiger partial charge in [0.25, 0.3) is 5.95 Å². The van der Waals surface area contributed by atoms with E-state index in [2.05, 4.69) is 11.8 Å². The molecule has 2 aromatic rings. The number of carbonyl (C=O) groups excluding carboxylic acids is 1. The Bertz CT molecular complexity index is 732. The number of rotatable bonds is 3. The third-order valence-electron chi connectivity index (χ3n) is 2.63. The van der Waals surface area contributed by atoms with Gasteiger partial charge in [-0.2, -0.15) is 5.06 Å². The minimum absolute atomic E-state index is 0.0278. The van der Waals surface area contributed by atoms with Gasteiger partial charge in [-0.05, 0) is 31.0 Å². The summed E-state index contributed by atoms with van der Waals surface area (Å²) in [6, 6.07) is 7.07. The number of benzene rings is 1. The highest BCUT2D eigenvalue weighted by molar-refractivity contribution is 5.71. The predicted octanol–water partition coefficient (Wildman–Crippen LogP) is 2.72. The van der Waals surface area contributed by atoms with Crippen LogP contribution < -0.4 is 10.5 Å². The number of hydrogen-bond acceptors (Lipinski definition) is 4. The molecule has 6 nitrogen and oxygen atoms in total. The fourth-order valence-corrected chi connectivity index (χ4v) is 1.51. The lowest BCUT2D eigenvalue weighted by Crippen LogP contribution is -2.38. The molecule has 1 aromatic heterocycles. The number of hydrogen-bond donors (Lipinski definition) is 2. The fraction of sp³-hybridized carbons (Fsp3) is 0.133. The molecule has 114 valence electrons.